The zero-order valence-corrected chi connectivity index (χ0v) is 14.8. The quantitative estimate of drug-likeness (QED) is 0.756. The summed E-state index contributed by atoms with van der Waals surface area (Å²) in [4.78, 5) is 12.7. The Bertz CT molecular complexity index is 936. The molecular formula is C21H20FN3O2. The first-order valence-electron chi connectivity index (χ1n) is 8.93. The number of rotatable bonds is 5. The molecular weight excluding hydrogens is 345 g/mol. The van der Waals surface area contributed by atoms with Gasteiger partial charge in [0, 0.05) is 24.2 Å². The fourth-order valence-electron chi connectivity index (χ4n) is 3.25. The summed E-state index contributed by atoms with van der Waals surface area (Å²) >= 11 is 0. The van der Waals surface area contributed by atoms with Crippen molar-refractivity contribution in [2.45, 2.75) is 26.1 Å². The Balaban J connectivity index is 1.56. The zero-order chi connectivity index (χ0) is 18.6. The monoisotopic (exact) mass is 365 g/mol. The van der Waals surface area contributed by atoms with E-state index in [4.69, 9.17) is 4.74 Å². The van der Waals surface area contributed by atoms with Crippen LogP contribution in [0.25, 0.3) is 0 Å². The van der Waals surface area contributed by atoms with Crippen molar-refractivity contribution in [2.24, 2.45) is 0 Å². The number of nitrogens with one attached hydrogen (secondary N) is 1. The molecule has 0 aliphatic carbocycles. The average molecular weight is 365 g/mol. The molecule has 0 atom stereocenters. The van der Waals surface area contributed by atoms with Crippen LogP contribution in [-0.2, 0) is 30.9 Å². The third-order valence-electron chi connectivity index (χ3n) is 4.65. The lowest BCUT2D eigenvalue weighted by Gasteiger charge is -2.15. The van der Waals surface area contributed by atoms with Crippen molar-refractivity contribution < 1.29 is 13.9 Å². The summed E-state index contributed by atoms with van der Waals surface area (Å²) in [7, 11) is 0. The fraction of sp³-hybridized carbons (Fsp3) is 0.238. The molecule has 2 heterocycles. The Labute approximate surface area is 156 Å². The molecule has 2 aromatic carbocycles. The standard InChI is InChI=1S/C21H20FN3O2/c22-17-8-6-16(7-9-17)13-25-19-10-11-27-14-18(19)20(24-25)21(26)23-12-15-4-2-1-3-5-15/h1-9H,10-14H2,(H,23,26). The molecule has 1 aromatic heterocycles. The first-order chi connectivity index (χ1) is 13.2. The molecule has 3 aromatic rings. The van der Waals surface area contributed by atoms with E-state index in [0.717, 1.165) is 22.4 Å². The van der Waals surface area contributed by atoms with Crippen molar-refractivity contribution in [3.63, 3.8) is 0 Å². The summed E-state index contributed by atoms with van der Waals surface area (Å²) in [5, 5.41) is 7.48. The highest BCUT2D eigenvalue weighted by atomic mass is 19.1. The predicted octanol–water partition coefficient (Wildman–Crippen LogP) is 3.07. The molecule has 1 N–H and O–H groups in total. The maximum Gasteiger partial charge on any atom is 0.272 e. The van der Waals surface area contributed by atoms with Gasteiger partial charge in [0.05, 0.1) is 19.8 Å². The number of halogens is 1. The minimum atomic E-state index is -0.268. The van der Waals surface area contributed by atoms with Crippen molar-refractivity contribution in [1.29, 1.82) is 0 Å². The average Bonchev–Trinajstić information content (AvgIpc) is 3.07. The van der Waals surface area contributed by atoms with Crippen LogP contribution in [-0.4, -0.2) is 22.3 Å². The maximum absolute atomic E-state index is 13.1. The molecule has 4 rings (SSSR count). The van der Waals surface area contributed by atoms with Crippen LogP contribution in [0.5, 0.6) is 0 Å². The van der Waals surface area contributed by atoms with Crippen LogP contribution in [0.2, 0.25) is 0 Å². The number of hydrogen-bond acceptors (Lipinski definition) is 3. The van der Waals surface area contributed by atoms with Gasteiger partial charge in [0.25, 0.3) is 5.91 Å². The van der Waals surface area contributed by atoms with E-state index in [2.05, 4.69) is 10.4 Å². The molecule has 6 heteroatoms. The first-order valence-corrected chi connectivity index (χ1v) is 8.93. The van der Waals surface area contributed by atoms with Gasteiger partial charge in [0.1, 0.15) is 5.82 Å². The molecule has 0 bridgehead atoms. The molecule has 138 valence electrons. The van der Waals surface area contributed by atoms with Gasteiger partial charge < -0.3 is 10.1 Å². The summed E-state index contributed by atoms with van der Waals surface area (Å²) in [5.41, 5.74) is 4.22. The third-order valence-corrected chi connectivity index (χ3v) is 4.65. The number of hydrogen-bond donors (Lipinski definition) is 1. The van der Waals surface area contributed by atoms with Crippen molar-refractivity contribution >= 4 is 5.91 Å². The van der Waals surface area contributed by atoms with Gasteiger partial charge in [-0.15, -0.1) is 0 Å². The van der Waals surface area contributed by atoms with Crippen LogP contribution in [0.1, 0.15) is 32.9 Å². The Morgan fingerprint density at radius 1 is 1.11 bits per heavy atom. The van der Waals surface area contributed by atoms with E-state index in [1.165, 1.54) is 12.1 Å². The summed E-state index contributed by atoms with van der Waals surface area (Å²) in [6, 6.07) is 16.1. The van der Waals surface area contributed by atoms with Gasteiger partial charge in [-0.1, -0.05) is 42.5 Å². The Hall–Kier alpha value is -2.99. The molecule has 0 fully saturated rings. The summed E-state index contributed by atoms with van der Waals surface area (Å²) < 4.78 is 20.5. The first kappa shape index (κ1) is 17.4. The number of ether oxygens (including phenoxy) is 1. The highest BCUT2D eigenvalue weighted by Gasteiger charge is 2.25. The van der Waals surface area contributed by atoms with Crippen molar-refractivity contribution in [3.8, 4) is 0 Å². The van der Waals surface area contributed by atoms with E-state index >= 15 is 0 Å². The maximum atomic E-state index is 13.1. The van der Waals surface area contributed by atoms with Crippen molar-refractivity contribution in [3.05, 3.63) is 88.5 Å². The molecule has 27 heavy (non-hydrogen) atoms. The van der Waals surface area contributed by atoms with E-state index in [-0.39, 0.29) is 11.7 Å². The number of carbonyl (C=O) groups is 1. The van der Waals surface area contributed by atoms with E-state index in [0.29, 0.717) is 38.4 Å². The highest BCUT2D eigenvalue weighted by molar-refractivity contribution is 5.94. The summed E-state index contributed by atoms with van der Waals surface area (Å²) in [5.74, 6) is -0.478. The van der Waals surface area contributed by atoms with Gasteiger partial charge in [0.2, 0.25) is 0 Å². The normalized spacial score (nSPS) is 13.2. The van der Waals surface area contributed by atoms with Gasteiger partial charge in [-0.2, -0.15) is 5.10 Å². The molecule has 1 aliphatic rings. The number of carbonyl (C=O) groups excluding carboxylic acids is 1. The van der Waals surface area contributed by atoms with Crippen molar-refractivity contribution in [1.82, 2.24) is 15.1 Å². The Kier molecular flexibility index (Phi) is 4.98. The van der Waals surface area contributed by atoms with E-state index < -0.39 is 0 Å². The number of fused-ring (bicyclic) bond motifs is 1. The molecule has 0 radical (unpaired) electrons. The van der Waals surface area contributed by atoms with E-state index in [1.54, 1.807) is 12.1 Å². The topological polar surface area (TPSA) is 56.2 Å². The predicted molar refractivity (Wildman–Crippen MR) is 98.7 cm³/mol. The second-order valence-electron chi connectivity index (χ2n) is 6.53. The molecule has 0 saturated carbocycles. The van der Waals surface area contributed by atoms with Gasteiger partial charge in [-0.3, -0.25) is 9.48 Å². The molecule has 0 spiro atoms. The third kappa shape index (κ3) is 3.90. The second kappa shape index (κ2) is 7.72. The van der Waals surface area contributed by atoms with Crippen LogP contribution >= 0.6 is 0 Å². The lowest BCUT2D eigenvalue weighted by Crippen LogP contribution is -2.25. The van der Waals surface area contributed by atoms with Gasteiger partial charge in [0.15, 0.2) is 5.69 Å². The molecule has 1 amide bonds. The summed E-state index contributed by atoms with van der Waals surface area (Å²) in [6.45, 7) is 1.93. The van der Waals surface area contributed by atoms with Crippen LogP contribution < -0.4 is 5.32 Å². The number of aromatic nitrogens is 2. The van der Waals surface area contributed by atoms with Crippen LogP contribution in [0.15, 0.2) is 54.6 Å². The van der Waals surface area contributed by atoms with E-state index in [9.17, 15) is 9.18 Å². The lowest BCUT2D eigenvalue weighted by molar-refractivity contribution is 0.0922. The molecule has 5 nitrogen and oxygen atoms in total. The highest BCUT2D eigenvalue weighted by Crippen LogP contribution is 2.22. The number of benzene rings is 2. The fourth-order valence-corrected chi connectivity index (χ4v) is 3.25. The van der Waals surface area contributed by atoms with E-state index in [1.807, 2.05) is 35.0 Å². The largest absolute Gasteiger partial charge is 0.376 e. The molecule has 0 unspecified atom stereocenters. The van der Waals surface area contributed by atoms with Crippen LogP contribution in [0.3, 0.4) is 0 Å². The minimum absolute atomic E-state index is 0.210. The number of amides is 1. The van der Waals surface area contributed by atoms with Gasteiger partial charge in [-0.05, 0) is 23.3 Å². The van der Waals surface area contributed by atoms with Crippen molar-refractivity contribution in [2.75, 3.05) is 6.61 Å². The molecule has 1 aliphatic heterocycles. The molecule has 0 saturated heterocycles. The second-order valence-corrected chi connectivity index (χ2v) is 6.53. The van der Waals surface area contributed by atoms with Gasteiger partial charge in [-0.25, -0.2) is 4.39 Å². The van der Waals surface area contributed by atoms with Crippen LogP contribution in [0.4, 0.5) is 4.39 Å². The van der Waals surface area contributed by atoms with Gasteiger partial charge >= 0.3 is 0 Å². The minimum Gasteiger partial charge on any atom is -0.376 e. The number of nitrogens with zero attached hydrogens (tertiary/aromatic N) is 2. The lowest BCUT2D eigenvalue weighted by atomic mass is 10.1. The zero-order valence-electron chi connectivity index (χ0n) is 14.8. The van der Waals surface area contributed by atoms with Crippen LogP contribution in [0, 0.1) is 5.82 Å². The Morgan fingerprint density at radius 3 is 2.67 bits per heavy atom. The summed E-state index contributed by atoms with van der Waals surface area (Å²) in [6.07, 6.45) is 0.704. The Morgan fingerprint density at radius 2 is 1.89 bits per heavy atom. The smallest absolute Gasteiger partial charge is 0.272 e. The SMILES string of the molecule is O=C(NCc1ccccc1)c1nn(Cc2ccc(F)cc2)c2c1COCC2.